The van der Waals surface area contributed by atoms with E-state index in [9.17, 15) is 0 Å². The summed E-state index contributed by atoms with van der Waals surface area (Å²) in [4.78, 5) is 3.99. The fourth-order valence-corrected chi connectivity index (χ4v) is 7.31. The van der Waals surface area contributed by atoms with Crippen molar-refractivity contribution in [2.75, 3.05) is 11.4 Å². The third-order valence-electron chi connectivity index (χ3n) is 6.27. The molecule has 3 aliphatic heterocycles. The summed E-state index contributed by atoms with van der Waals surface area (Å²) in [5.74, 6) is 0. The maximum Gasteiger partial charge on any atom is 0.265 e. The zero-order chi connectivity index (χ0) is 19.2. The van der Waals surface area contributed by atoms with Crippen molar-refractivity contribution in [1.82, 2.24) is 0 Å². The van der Waals surface area contributed by atoms with Crippen LogP contribution in [0.25, 0.3) is 15.8 Å². The van der Waals surface area contributed by atoms with Crippen LogP contribution in [0.5, 0.6) is 0 Å². The fraction of sp³-hybridized carbons (Fsp3) is 0.320. The van der Waals surface area contributed by atoms with Crippen LogP contribution in [0, 0.1) is 0 Å². The Morgan fingerprint density at radius 1 is 0.897 bits per heavy atom. The molecule has 2 nitrogen and oxygen atoms in total. The Morgan fingerprint density at radius 2 is 1.76 bits per heavy atom. The molecule has 2 aromatic carbocycles. The molecule has 0 saturated carbocycles. The molecule has 0 saturated heterocycles. The maximum absolute atomic E-state index is 2.58. The van der Waals surface area contributed by atoms with Gasteiger partial charge in [0, 0.05) is 29.5 Å². The summed E-state index contributed by atoms with van der Waals surface area (Å²) in [6.07, 6.45) is 10.1. The first-order chi connectivity index (χ1) is 14.4. The molecule has 0 radical (unpaired) electrons. The number of hydrogen-bond donors (Lipinski definition) is 0. The van der Waals surface area contributed by atoms with Gasteiger partial charge in [0.2, 0.25) is 5.52 Å². The van der Waals surface area contributed by atoms with Crippen LogP contribution >= 0.6 is 23.1 Å². The first-order valence-corrected chi connectivity index (χ1v) is 12.4. The average Bonchev–Trinajstić information content (AvgIpc) is 3.16. The maximum atomic E-state index is 2.58. The van der Waals surface area contributed by atoms with E-state index in [1.807, 2.05) is 23.1 Å². The van der Waals surface area contributed by atoms with E-state index in [4.69, 9.17) is 0 Å². The fourth-order valence-electron chi connectivity index (χ4n) is 4.85. The molecule has 6 rings (SSSR count). The van der Waals surface area contributed by atoms with E-state index in [0.29, 0.717) is 0 Å². The Hall–Kier alpha value is -2.04. The third-order valence-corrected chi connectivity index (χ3v) is 8.75. The van der Waals surface area contributed by atoms with Gasteiger partial charge in [-0.2, -0.15) is 4.57 Å². The Bertz CT molecular complexity index is 1150. The van der Waals surface area contributed by atoms with Crippen molar-refractivity contribution >= 4 is 44.6 Å². The van der Waals surface area contributed by atoms with E-state index in [1.165, 1.54) is 69.4 Å². The van der Waals surface area contributed by atoms with Gasteiger partial charge in [-0.25, -0.2) is 0 Å². The summed E-state index contributed by atoms with van der Waals surface area (Å²) in [6.45, 7) is 2.30. The minimum Gasteiger partial charge on any atom is -0.335 e. The van der Waals surface area contributed by atoms with Gasteiger partial charge < -0.3 is 4.90 Å². The van der Waals surface area contributed by atoms with Crippen LogP contribution in [0.15, 0.2) is 70.1 Å². The zero-order valence-electron chi connectivity index (χ0n) is 16.6. The Balaban J connectivity index is 1.49. The topological polar surface area (TPSA) is 7.12 Å². The normalized spacial score (nSPS) is 20.4. The lowest BCUT2D eigenvalue weighted by molar-refractivity contribution is -0.668. The molecule has 0 aliphatic carbocycles. The lowest BCUT2D eigenvalue weighted by Crippen LogP contribution is -2.34. The van der Waals surface area contributed by atoms with Crippen molar-refractivity contribution in [3.05, 3.63) is 70.2 Å². The number of aromatic nitrogens is 1. The molecular weight excluding hydrogens is 392 g/mol. The smallest absolute Gasteiger partial charge is 0.265 e. The van der Waals surface area contributed by atoms with Crippen LogP contribution in [0.3, 0.4) is 0 Å². The van der Waals surface area contributed by atoms with Crippen molar-refractivity contribution in [2.24, 2.45) is 0 Å². The molecule has 29 heavy (non-hydrogen) atoms. The largest absolute Gasteiger partial charge is 0.335 e. The van der Waals surface area contributed by atoms with Gasteiger partial charge in [-0.15, -0.1) is 0 Å². The minimum absolute atomic E-state index is 1.15. The number of hydrogen-bond acceptors (Lipinski definition) is 3. The van der Waals surface area contributed by atoms with Crippen molar-refractivity contribution in [3.63, 3.8) is 0 Å². The number of thiazole rings is 1. The summed E-state index contributed by atoms with van der Waals surface area (Å²) in [7, 11) is 0. The van der Waals surface area contributed by atoms with Crippen molar-refractivity contribution in [2.45, 2.75) is 50.0 Å². The van der Waals surface area contributed by atoms with Gasteiger partial charge in [0.15, 0.2) is 6.54 Å². The van der Waals surface area contributed by atoms with Gasteiger partial charge in [0.25, 0.3) is 5.01 Å². The highest BCUT2D eigenvalue weighted by molar-refractivity contribution is 8.03. The molecule has 1 aromatic heterocycles. The van der Waals surface area contributed by atoms with E-state index in [2.05, 4.69) is 64.1 Å². The molecule has 0 unspecified atom stereocenters. The Labute approximate surface area is 180 Å². The first kappa shape index (κ1) is 17.8. The molecule has 4 heteroatoms. The molecule has 0 spiro atoms. The summed E-state index contributed by atoms with van der Waals surface area (Å²) >= 11 is 3.96. The SMILES string of the molecule is C(/C1=C2Sc3ccccc3N2CCCC1)=C1/CCCC[n+]2c1sc1ccccc12. The van der Waals surface area contributed by atoms with E-state index in [-0.39, 0.29) is 0 Å². The number of benzene rings is 2. The lowest BCUT2D eigenvalue weighted by Gasteiger charge is -2.19. The third kappa shape index (κ3) is 3.04. The molecule has 0 amide bonds. The minimum atomic E-state index is 1.15. The van der Waals surface area contributed by atoms with Crippen LogP contribution in [0.4, 0.5) is 5.69 Å². The molecular formula is C25H25N2S2+. The Morgan fingerprint density at radius 3 is 2.76 bits per heavy atom. The molecule has 3 aromatic rings. The van der Waals surface area contributed by atoms with Crippen LogP contribution in [0.1, 0.15) is 43.5 Å². The van der Waals surface area contributed by atoms with Crippen LogP contribution < -0.4 is 9.47 Å². The number of anilines is 1. The van der Waals surface area contributed by atoms with E-state index < -0.39 is 0 Å². The number of allylic oxidation sites excluding steroid dienone is 3. The second-order valence-corrected chi connectivity index (χ2v) is 10.2. The molecule has 146 valence electrons. The van der Waals surface area contributed by atoms with Gasteiger partial charge >= 0.3 is 0 Å². The first-order valence-electron chi connectivity index (χ1n) is 10.8. The van der Waals surface area contributed by atoms with Gasteiger partial charge in [-0.3, -0.25) is 0 Å². The second-order valence-electron chi connectivity index (χ2n) is 8.16. The van der Waals surface area contributed by atoms with Gasteiger partial charge in [-0.1, -0.05) is 47.4 Å². The monoisotopic (exact) mass is 417 g/mol. The number of aryl methyl sites for hydroxylation is 1. The van der Waals surface area contributed by atoms with E-state index in [1.54, 1.807) is 11.1 Å². The van der Waals surface area contributed by atoms with E-state index in [0.717, 1.165) is 13.1 Å². The molecule has 0 fully saturated rings. The summed E-state index contributed by atoms with van der Waals surface area (Å²) < 4.78 is 3.99. The van der Waals surface area contributed by atoms with Crippen molar-refractivity contribution in [3.8, 4) is 0 Å². The predicted molar refractivity (Wildman–Crippen MR) is 124 cm³/mol. The van der Waals surface area contributed by atoms with Crippen LogP contribution in [-0.4, -0.2) is 6.54 Å². The number of rotatable bonds is 1. The van der Waals surface area contributed by atoms with Crippen LogP contribution in [0.2, 0.25) is 0 Å². The second kappa shape index (κ2) is 7.33. The highest BCUT2D eigenvalue weighted by Crippen LogP contribution is 2.49. The molecule has 3 aliphatic rings. The predicted octanol–water partition coefficient (Wildman–Crippen LogP) is 6.76. The summed E-state index contributed by atoms with van der Waals surface area (Å²) in [5.41, 5.74) is 5.90. The molecule has 4 heterocycles. The standard InChI is InChI=1S/C25H25N2S2/c1-3-13-22-20(11-1)26-15-7-5-9-18(24(26)28-22)17-19-10-6-8-16-27-21-12-2-4-14-23(21)29-25(19)27/h1-4,11-14,17H,5-10,15-16H2/q+1. The van der Waals surface area contributed by atoms with E-state index >= 15 is 0 Å². The number of para-hydroxylation sites is 2. The highest BCUT2D eigenvalue weighted by Gasteiger charge is 2.30. The van der Waals surface area contributed by atoms with Crippen molar-refractivity contribution in [1.29, 1.82) is 0 Å². The number of thioether (sulfide) groups is 1. The van der Waals surface area contributed by atoms with Gasteiger partial charge in [0.05, 0.1) is 10.7 Å². The molecule has 0 N–H and O–H groups in total. The molecule has 0 bridgehead atoms. The summed E-state index contributed by atoms with van der Waals surface area (Å²) in [5, 5.41) is 2.96. The quantitative estimate of drug-likeness (QED) is 0.404. The summed E-state index contributed by atoms with van der Waals surface area (Å²) in [6, 6.07) is 17.8. The lowest BCUT2D eigenvalue weighted by atomic mass is 10.0. The zero-order valence-corrected chi connectivity index (χ0v) is 18.2. The van der Waals surface area contributed by atoms with Crippen LogP contribution in [-0.2, 0) is 6.54 Å². The highest BCUT2D eigenvalue weighted by atomic mass is 32.2. The average molecular weight is 418 g/mol. The van der Waals surface area contributed by atoms with Gasteiger partial charge in [0.1, 0.15) is 4.70 Å². The Kier molecular flexibility index (Phi) is 4.50. The van der Waals surface area contributed by atoms with Gasteiger partial charge in [-0.05, 0) is 62.0 Å². The number of fused-ring (bicyclic) bond motifs is 6. The molecule has 0 atom stereocenters. The number of nitrogens with zero attached hydrogens (tertiary/aromatic N) is 2. The van der Waals surface area contributed by atoms with Crippen molar-refractivity contribution < 1.29 is 4.57 Å².